The molecule has 0 saturated carbocycles. The first-order valence-electron chi connectivity index (χ1n) is 6.18. The smallest absolute Gasteiger partial charge is 0.145 e. The molecule has 0 heterocycles. The van der Waals surface area contributed by atoms with E-state index in [0.717, 1.165) is 6.54 Å². The molecule has 0 aromatic heterocycles. The quantitative estimate of drug-likeness (QED) is 0.835. The number of nitrogens with one attached hydrogen (secondary N) is 1. The third-order valence-electron chi connectivity index (χ3n) is 2.66. The van der Waals surface area contributed by atoms with Gasteiger partial charge in [0.1, 0.15) is 5.82 Å². The van der Waals surface area contributed by atoms with Crippen LogP contribution in [0.5, 0.6) is 0 Å². The van der Waals surface area contributed by atoms with E-state index in [0.29, 0.717) is 18.0 Å². The Morgan fingerprint density at radius 3 is 2.72 bits per heavy atom. The zero-order chi connectivity index (χ0) is 13.8. The van der Waals surface area contributed by atoms with Crippen LogP contribution in [0.4, 0.5) is 4.39 Å². The maximum atomic E-state index is 13.7. The van der Waals surface area contributed by atoms with Gasteiger partial charge < -0.3 is 10.4 Å². The van der Waals surface area contributed by atoms with Crippen molar-refractivity contribution in [2.75, 3.05) is 13.1 Å². The maximum Gasteiger partial charge on any atom is 0.145 e. The van der Waals surface area contributed by atoms with Gasteiger partial charge in [0, 0.05) is 13.0 Å². The molecule has 2 N–H and O–H groups in total. The molecule has 1 atom stereocenters. The van der Waals surface area contributed by atoms with Crippen molar-refractivity contribution in [3.63, 3.8) is 0 Å². The minimum atomic E-state index is -0.986. The Morgan fingerprint density at radius 1 is 1.44 bits per heavy atom. The molecule has 0 aliphatic heterocycles. The second-order valence-electron chi connectivity index (χ2n) is 5.41. The Balaban J connectivity index is 2.61. The molecule has 1 unspecified atom stereocenters. The lowest BCUT2D eigenvalue weighted by atomic mass is 9.96. The SMILES string of the molecule is CC(C)CNCC(C)(O)Cc1cccc(Cl)c1F. The second kappa shape index (κ2) is 6.50. The second-order valence-corrected chi connectivity index (χ2v) is 5.82. The molecule has 0 aliphatic rings. The summed E-state index contributed by atoms with van der Waals surface area (Å²) in [4.78, 5) is 0. The number of benzene rings is 1. The monoisotopic (exact) mass is 273 g/mol. The van der Waals surface area contributed by atoms with Gasteiger partial charge in [0.15, 0.2) is 0 Å². The first-order valence-corrected chi connectivity index (χ1v) is 6.55. The van der Waals surface area contributed by atoms with Gasteiger partial charge in [0.25, 0.3) is 0 Å². The van der Waals surface area contributed by atoms with Gasteiger partial charge in [0.2, 0.25) is 0 Å². The molecule has 18 heavy (non-hydrogen) atoms. The lowest BCUT2D eigenvalue weighted by molar-refractivity contribution is 0.0587. The van der Waals surface area contributed by atoms with E-state index in [1.54, 1.807) is 19.1 Å². The highest BCUT2D eigenvalue weighted by Gasteiger charge is 2.22. The average Bonchev–Trinajstić information content (AvgIpc) is 2.23. The van der Waals surface area contributed by atoms with Crippen molar-refractivity contribution in [1.82, 2.24) is 5.32 Å². The number of hydrogen-bond acceptors (Lipinski definition) is 2. The van der Waals surface area contributed by atoms with Gasteiger partial charge >= 0.3 is 0 Å². The first kappa shape index (κ1) is 15.4. The summed E-state index contributed by atoms with van der Waals surface area (Å²) in [7, 11) is 0. The molecule has 0 aliphatic carbocycles. The lowest BCUT2D eigenvalue weighted by Gasteiger charge is -2.24. The van der Waals surface area contributed by atoms with Crippen LogP contribution >= 0.6 is 11.6 Å². The van der Waals surface area contributed by atoms with Crippen LogP contribution in [0.25, 0.3) is 0 Å². The Kier molecular flexibility index (Phi) is 5.57. The third kappa shape index (κ3) is 4.92. The average molecular weight is 274 g/mol. The Morgan fingerprint density at radius 2 is 2.11 bits per heavy atom. The van der Waals surface area contributed by atoms with Crippen LogP contribution in [0.1, 0.15) is 26.3 Å². The predicted molar refractivity (Wildman–Crippen MR) is 73.4 cm³/mol. The van der Waals surface area contributed by atoms with E-state index in [1.165, 1.54) is 6.07 Å². The van der Waals surface area contributed by atoms with Crippen molar-refractivity contribution in [3.05, 3.63) is 34.6 Å². The van der Waals surface area contributed by atoms with E-state index < -0.39 is 11.4 Å². The largest absolute Gasteiger partial charge is 0.389 e. The molecule has 4 heteroatoms. The van der Waals surface area contributed by atoms with Gasteiger partial charge in [-0.05, 0) is 31.0 Å². The minimum absolute atomic E-state index is 0.0958. The van der Waals surface area contributed by atoms with E-state index in [4.69, 9.17) is 11.6 Å². The third-order valence-corrected chi connectivity index (χ3v) is 2.95. The summed E-state index contributed by atoms with van der Waals surface area (Å²) in [6, 6.07) is 4.85. The van der Waals surface area contributed by atoms with Gasteiger partial charge in [-0.3, -0.25) is 0 Å². The normalized spacial score (nSPS) is 14.8. The zero-order valence-corrected chi connectivity index (χ0v) is 11.9. The number of hydrogen-bond donors (Lipinski definition) is 2. The molecular formula is C14H21ClFNO. The van der Waals surface area contributed by atoms with E-state index in [1.807, 2.05) is 0 Å². The summed E-state index contributed by atoms with van der Waals surface area (Å²) in [5.41, 5.74) is -0.542. The molecule has 0 amide bonds. The standard InChI is InChI=1S/C14H21ClFNO/c1-10(2)8-17-9-14(3,18)7-11-5-4-6-12(15)13(11)16/h4-6,10,17-18H,7-9H2,1-3H3. The molecule has 102 valence electrons. The fourth-order valence-corrected chi connectivity index (χ4v) is 1.98. The molecular weight excluding hydrogens is 253 g/mol. The van der Waals surface area contributed by atoms with E-state index in [2.05, 4.69) is 19.2 Å². The van der Waals surface area contributed by atoms with E-state index >= 15 is 0 Å². The van der Waals surface area contributed by atoms with Gasteiger partial charge in [0.05, 0.1) is 10.6 Å². The Labute approximate surface area is 113 Å². The molecule has 0 fully saturated rings. The van der Waals surface area contributed by atoms with Gasteiger partial charge in [-0.1, -0.05) is 37.6 Å². The summed E-state index contributed by atoms with van der Waals surface area (Å²) in [6.45, 7) is 7.14. The van der Waals surface area contributed by atoms with Crippen LogP contribution < -0.4 is 5.32 Å². The van der Waals surface area contributed by atoms with Crippen LogP contribution in [0.3, 0.4) is 0 Å². The van der Waals surface area contributed by atoms with Gasteiger partial charge in [-0.15, -0.1) is 0 Å². The summed E-state index contributed by atoms with van der Waals surface area (Å²) in [5.74, 6) is 0.0759. The van der Waals surface area contributed by atoms with Crippen LogP contribution in [-0.2, 0) is 6.42 Å². The molecule has 1 rings (SSSR count). The molecule has 0 radical (unpaired) electrons. The number of halogens is 2. The molecule has 1 aromatic rings. The highest BCUT2D eigenvalue weighted by atomic mass is 35.5. The molecule has 2 nitrogen and oxygen atoms in total. The van der Waals surface area contributed by atoms with Crippen LogP contribution in [0, 0.1) is 11.7 Å². The zero-order valence-electron chi connectivity index (χ0n) is 11.1. The fourth-order valence-electron chi connectivity index (χ4n) is 1.79. The highest BCUT2D eigenvalue weighted by Crippen LogP contribution is 2.21. The summed E-state index contributed by atoms with van der Waals surface area (Å²) >= 11 is 5.72. The number of aliphatic hydroxyl groups is 1. The van der Waals surface area contributed by atoms with Crippen molar-refractivity contribution in [1.29, 1.82) is 0 Å². The van der Waals surface area contributed by atoms with Crippen molar-refractivity contribution in [2.24, 2.45) is 5.92 Å². The Bertz CT molecular complexity index is 393. The summed E-state index contributed by atoms with van der Waals surface area (Å²) in [5, 5.41) is 13.5. The first-order chi connectivity index (χ1) is 8.32. The maximum absolute atomic E-state index is 13.7. The summed E-state index contributed by atoms with van der Waals surface area (Å²) in [6.07, 6.45) is 0.241. The van der Waals surface area contributed by atoms with Crippen molar-refractivity contribution in [3.8, 4) is 0 Å². The summed E-state index contributed by atoms with van der Waals surface area (Å²) < 4.78 is 13.7. The Hall–Kier alpha value is -0.640. The molecule has 0 spiro atoms. The van der Waals surface area contributed by atoms with Gasteiger partial charge in [-0.2, -0.15) is 0 Å². The topological polar surface area (TPSA) is 32.3 Å². The van der Waals surface area contributed by atoms with Gasteiger partial charge in [-0.25, -0.2) is 4.39 Å². The van der Waals surface area contributed by atoms with Crippen molar-refractivity contribution < 1.29 is 9.50 Å². The lowest BCUT2D eigenvalue weighted by Crippen LogP contribution is -2.41. The highest BCUT2D eigenvalue weighted by molar-refractivity contribution is 6.30. The molecule has 0 bridgehead atoms. The van der Waals surface area contributed by atoms with Crippen LogP contribution in [0.15, 0.2) is 18.2 Å². The van der Waals surface area contributed by atoms with Crippen LogP contribution in [-0.4, -0.2) is 23.8 Å². The van der Waals surface area contributed by atoms with Crippen LogP contribution in [0.2, 0.25) is 5.02 Å². The van der Waals surface area contributed by atoms with Crippen molar-refractivity contribution >= 4 is 11.6 Å². The van der Waals surface area contributed by atoms with E-state index in [9.17, 15) is 9.50 Å². The fraction of sp³-hybridized carbons (Fsp3) is 0.571. The minimum Gasteiger partial charge on any atom is -0.389 e. The predicted octanol–water partition coefficient (Wildman–Crippen LogP) is 3.02. The number of rotatable bonds is 6. The molecule has 1 aromatic carbocycles. The molecule has 0 saturated heterocycles. The van der Waals surface area contributed by atoms with E-state index in [-0.39, 0.29) is 11.4 Å². The van der Waals surface area contributed by atoms with Crippen molar-refractivity contribution in [2.45, 2.75) is 32.8 Å².